The van der Waals surface area contributed by atoms with Crippen molar-refractivity contribution in [3.63, 3.8) is 0 Å². The molecule has 3 rings (SSSR count). The minimum absolute atomic E-state index is 0.120. The molecule has 1 aliphatic rings. The van der Waals surface area contributed by atoms with Crippen LogP contribution >= 0.6 is 15.9 Å². The van der Waals surface area contributed by atoms with Crippen LogP contribution in [0.15, 0.2) is 22.8 Å². The van der Waals surface area contributed by atoms with Crippen molar-refractivity contribution in [2.24, 2.45) is 0 Å². The van der Waals surface area contributed by atoms with Crippen LogP contribution in [-0.4, -0.2) is 4.57 Å². The van der Waals surface area contributed by atoms with Crippen molar-refractivity contribution in [2.45, 2.75) is 25.8 Å². The Bertz CT molecular complexity index is 540. The van der Waals surface area contributed by atoms with Crippen molar-refractivity contribution in [1.29, 1.82) is 0 Å². The molecule has 1 heterocycles. The van der Waals surface area contributed by atoms with E-state index in [-0.39, 0.29) is 5.82 Å². The third-order valence-electron chi connectivity index (χ3n) is 3.06. The second-order valence-electron chi connectivity index (χ2n) is 4.15. The van der Waals surface area contributed by atoms with Crippen molar-refractivity contribution >= 4 is 26.8 Å². The van der Waals surface area contributed by atoms with E-state index in [4.69, 9.17) is 0 Å². The van der Waals surface area contributed by atoms with Crippen molar-refractivity contribution in [3.8, 4) is 0 Å². The van der Waals surface area contributed by atoms with E-state index < -0.39 is 0 Å². The first-order valence-corrected chi connectivity index (χ1v) is 5.94. The van der Waals surface area contributed by atoms with Crippen LogP contribution in [0.1, 0.15) is 24.4 Å². The first kappa shape index (κ1) is 9.40. The van der Waals surface area contributed by atoms with E-state index >= 15 is 0 Å². The summed E-state index contributed by atoms with van der Waals surface area (Å²) in [5.74, 6) is -0.120. The average molecular weight is 268 g/mol. The van der Waals surface area contributed by atoms with E-state index in [9.17, 15) is 4.39 Å². The van der Waals surface area contributed by atoms with Crippen LogP contribution in [0.2, 0.25) is 0 Å². The number of hydrogen-bond donors (Lipinski definition) is 0. The van der Waals surface area contributed by atoms with Crippen LogP contribution < -0.4 is 0 Å². The molecular weight excluding hydrogens is 257 g/mol. The lowest BCUT2D eigenvalue weighted by atomic mass is 10.2. The molecular formula is C12H11BrFN. The Kier molecular flexibility index (Phi) is 1.93. The van der Waals surface area contributed by atoms with E-state index in [1.807, 2.05) is 13.0 Å². The molecule has 0 bridgehead atoms. The molecule has 3 heteroatoms. The van der Waals surface area contributed by atoms with Gasteiger partial charge in [-0.05, 0) is 53.4 Å². The molecule has 0 unspecified atom stereocenters. The van der Waals surface area contributed by atoms with E-state index in [0.29, 0.717) is 6.04 Å². The summed E-state index contributed by atoms with van der Waals surface area (Å²) in [6.45, 7) is 1.97. The Morgan fingerprint density at radius 1 is 1.40 bits per heavy atom. The monoisotopic (exact) mass is 267 g/mol. The average Bonchev–Trinajstić information content (AvgIpc) is 2.98. The van der Waals surface area contributed by atoms with E-state index in [1.165, 1.54) is 18.9 Å². The van der Waals surface area contributed by atoms with Crippen molar-refractivity contribution in [1.82, 2.24) is 4.57 Å². The molecule has 15 heavy (non-hydrogen) atoms. The second kappa shape index (κ2) is 3.08. The summed E-state index contributed by atoms with van der Waals surface area (Å²) in [5, 5.41) is 0.760. The largest absolute Gasteiger partial charge is 0.332 e. The highest BCUT2D eigenvalue weighted by molar-refractivity contribution is 9.10. The van der Waals surface area contributed by atoms with Crippen molar-refractivity contribution < 1.29 is 4.39 Å². The van der Waals surface area contributed by atoms with Crippen LogP contribution in [0.5, 0.6) is 0 Å². The van der Waals surface area contributed by atoms with Gasteiger partial charge >= 0.3 is 0 Å². The maximum atomic E-state index is 13.7. The SMILES string of the molecule is Cc1c(Br)n(C2CC2)c2cccc(F)c12. The lowest BCUT2D eigenvalue weighted by molar-refractivity contribution is 0.639. The van der Waals surface area contributed by atoms with E-state index in [2.05, 4.69) is 20.5 Å². The number of aryl methyl sites for hydroxylation is 1. The smallest absolute Gasteiger partial charge is 0.132 e. The molecule has 0 atom stereocenters. The summed E-state index contributed by atoms with van der Waals surface area (Å²) in [6.07, 6.45) is 2.41. The number of benzene rings is 1. The molecule has 1 aliphatic carbocycles. The molecule has 0 saturated heterocycles. The van der Waals surface area contributed by atoms with Crippen molar-refractivity contribution in [2.75, 3.05) is 0 Å². The van der Waals surface area contributed by atoms with Gasteiger partial charge in [-0.25, -0.2) is 4.39 Å². The molecule has 1 nitrogen and oxygen atoms in total. The van der Waals surface area contributed by atoms with Gasteiger partial charge in [0.2, 0.25) is 0 Å². The van der Waals surface area contributed by atoms with E-state index in [1.54, 1.807) is 6.07 Å². The molecule has 0 amide bonds. The molecule has 0 N–H and O–H groups in total. The van der Waals surface area contributed by atoms with Crippen LogP contribution in [0.3, 0.4) is 0 Å². The summed E-state index contributed by atoms with van der Waals surface area (Å²) in [6, 6.07) is 5.87. The molecule has 1 saturated carbocycles. The van der Waals surface area contributed by atoms with Gasteiger partial charge in [-0.1, -0.05) is 6.07 Å². The molecule has 1 fully saturated rings. The van der Waals surface area contributed by atoms with Gasteiger partial charge in [0.1, 0.15) is 5.82 Å². The number of hydrogen-bond acceptors (Lipinski definition) is 0. The fraction of sp³-hybridized carbons (Fsp3) is 0.333. The van der Waals surface area contributed by atoms with Crippen LogP contribution in [0.25, 0.3) is 10.9 Å². The zero-order chi connectivity index (χ0) is 10.6. The predicted molar refractivity (Wildman–Crippen MR) is 62.6 cm³/mol. The Hall–Kier alpha value is -0.830. The van der Waals surface area contributed by atoms with Crippen molar-refractivity contribution in [3.05, 3.63) is 34.2 Å². The number of rotatable bonds is 1. The lowest BCUT2D eigenvalue weighted by Crippen LogP contribution is -1.93. The van der Waals surface area contributed by atoms with E-state index in [0.717, 1.165) is 21.1 Å². The third kappa shape index (κ3) is 1.26. The quantitative estimate of drug-likeness (QED) is 0.731. The molecule has 78 valence electrons. The molecule has 0 spiro atoms. The molecule has 0 aliphatic heterocycles. The zero-order valence-electron chi connectivity index (χ0n) is 8.43. The lowest BCUT2D eigenvalue weighted by Gasteiger charge is -2.04. The topological polar surface area (TPSA) is 4.93 Å². The van der Waals surface area contributed by atoms with Gasteiger partial charge in [-0.2, -0.15) is 0 Å². The Morgan fingerprint density at radius 3 is 2.80 bits per heavy atom. The summed E-state index contributed by atoms with van der Waals surface area (Å²) in [5.41, 5.74) is 2.02. The summed E-state index contributed by atoms with van der Waals surface area (Å²) in [7, 11) is 0. The first-order chi connectivity index (χ1) is 7.20. The standard InChI is InChI=1S/C12H11BrFN/c1-7-11-9(14)3-2-4-10(11)15(12(7)13)8-5-6-8/h2-4,8H,5-6H2,1H3. The normalized spacial score (nSPS) is 16.2. The maximum absolute atomic E-state index is 13.7. The predicted octanol–water partition coefficient (Wildman–Crippen LogP) is 4.19. The fourth-order valence-corrected chi connectivity index (χ4v) is 2.84. The second-order valence-corrected chi connectivity index (χ2v) is 4.90. The number of halogens is 2. The van der Waals surface area contributed by atoms with Crippen LogP contribution in [-0.2, 0) is 0 Å². The van der Waals surface area contributed by atoms with Gasteiger partial charge in [-0.3, -0.25) is 0 Å². The van der Waals surface area contributed by atoms with Crippen LogP contribution in [0, 0.1) is 12.7 Å². The highest BCUT2D eigenvalue weighted by Crippen LogP contribution is 2.43. The first-order valence-electron chi connectivity index (χ1n) is 5.14. The molecule has 0 radical (unpaired) electrons. The van der Waals surface area contributed by atoms with Gasteiger partial charge in [0, 0.05) is 11.4 Å². The maximum Gasteiger partial charge on any atom is 0.132 e. The minimum atomic E-state index is -0.120. The summed E-state index contributed by atoms with van der Waals surface area (Å²) >= 11 is 3.56. The summed E-state index contributed by atoms with van der Waals surface area (Å²) in [4.78, 5) is 0. The van der Waals surface area contributed by atoms with Gasteiger partial charge in [-0.15, -0.1) is 0 Å². The molecule has 2 aromatic rings. The van der Waals surface area contributed by atoms with Crippen LogP contribution in [0.4, 0.5) is 4.39 Å². The Labute approximate surface area is 96.0 Å². The van der Waals surface area contributed by atoms with Gasteiger partial charge in [0.25, 0.3) is 0 Å². The Morgan fingerprint density at radius 2 is 2.13 bits per heavy atom. The molecule has 1 aromatic heterocycles. The third-order valence-corrected chi connectivity index (χ3v) is 4.04. The number of fused-ring (bicyclic) bond motifs is 1. The Balaban J connectivity index is 2.44. The molecule has 1 aromatic carbocycles. The summed E-state index contributed by atoms with van der Waals surface area (Å²) < 4.78 is 16.9. The zero-order valence-corrected chi connectivity index (χ0v) is 10.0. The highest BCUT2D eigenvalue weighted by atomic mass is 79.9. The number of aromatic nitrogens is 1. The van der Waals surface area contributed by atoms with Gasteiger partial charge in [0.15, 0.2) is 0 Å². The minimum Gasteiger partial charge on any atom is -0.332 e. The van der Waals surface area contributed by atoms with Gasteiger partial charge < -0.3 is 4.57 Å². The fourth-order valence-electron chi connectivity index (χ4n) is 2.16. The van der Waals surface area contributed by atoms with Gasteiger partial charge in [0.05, 0.1) is 10.1 Å². The number of nitrogens with zero attached hydrogens (tertiary/aromatic N) is 1. The highest BCUT2D eigenvalue weighted by Gasteiger charge is 2.28.